The molecule has 0 aliphatic carbocycles. The number of rotatable bonds is 14. The van der Waals surface area contributed by atoms with Gasteiger partial charge in [0.05, 0.1) is 51.3 Å². The lowest BCUT2D eigenvalue weighted by molar-refractivity contribution is -0.0101. The lowest BCUT2D eigenvalue weighted by atomic mass is 10.0. The topological polar surface area (TPSA) is 163 Å². The minimum absolute atomic E-state index is 0.00185. The minimum Gasteiger partial charge on any atom is -0.497 e. The fourth-order valence-electron chi connectivity index (χ4n) is 9.94. The summed E-state index contributed by atoms with van der Waals surface area (Å²) >= 11 is 2.05. The third kappa shape index (κ3) is 12.1. The molecule has 17 nitrogen and oxygen atoms in total. The van der Waals surface area contributed by atoms with Gasteiger partial charge in [-0.15, -0.1) is 0 Å². The van der Waals surface area contributed by atoms with Crippen molar-refractivity contribution in [2.45, 2.75) is 111 Å². The molecule has 6 heterocycles. The molecule has 20 heteroatoms. The number of halogens is 3. The Kier molecular flexibility index (Phi) is 16.3. The first kappa shape index (κ1) is 55.1. The molecular formula is C57H65F2IN8O9. The number of imide groups is 1. The summed E-state index contributed by atoms with van der Waals surface area (Å²) in [5, 5.41) is 0.113. The van der Waals surface area contributed by atoms with Crippen LogP contribution in [0.3, 0.4) is 0 Å². The standard InChI is InChI=1S/C57H65F2IN8O9/c1-33-28-42(65(29-35-13-19-39(71-9)20-14-35)30-36-15-21-40(72-10)22-16-36)45(58)43(47(33)60)48-46(59)49-44-51(64-53(63-49)75-32-38-18-17-37-31-73-26-24-67(37)38)66(25-27-74-52(44)62-48)34(2)41-12-11-23-61-50(41)68(54(69)76-56(3,4)5)55(70)77-57(6,7)8/h11-16,19-23,28,34,37-38H,17-18,24-27,29-32H2,1-10H3/t34-,37+,38+/m1/s1. The SMILES string of the molecule is COc1ccc(CN(Cc2ccc(OC)cc2)c2cc(C)c(I)c(-c3nc4c5c(nc(OC[C@@H]6CC[C@H]7COCCN76)nc5c3F)N([C@H](C)c3cccnc3N(C(=O)OC(C)(C)C)C(=O)OC(C)(C)C)CCO4)c2F)cc1. The number of morpholine rings is 1. The van der Waals surface area contributed by atoms with Gasteiger partial charge in [0.1, 0.15) is 58.3 Å². The molecule has 3 aliphatic rings. The summed E-state index contributed by atoms with van der Waals surface area (Å²) in [4.78, 5) is 54.2. The molecule has 3 aliphatic heterocycles. The number of fused-ring (bicyclic) bond motifs is 1. The van der Waals surface area contributed by atoms with Crippen molar-refractivity contribution < 1.29 is 51.5 Å². The Morgan fingerprint density at radius 1 is 0.844 bits per heavy atom. The average molecular weight is 1170 g/mol. The Labute approximate surface area is 461 Å². The van der Waals surface area contributed by atoms with Crippen LogP contribution in [0.4, 0.5) is 35.7 Å². The molecule has 0 saturated carbocycles. The number of hydrogen-bond acceptors (Lipinski definition) is 16. The zero-order valence-electron chi connectivity index (χ0n) is 45.1. The predicted molar refractivity (Wildman–Crippen MR) is 296 cm³/mol. The Bertz CT molecular complexity index is 3060. The number of pyridine rings is 2. The largest absolute Gasteiger partial charge is 0.497 e. The molecule has 0 radical (unpaired) electrons. The van der Waals surface area contributed by atoms with E-state index in [2.05, 4.69) is 9.88 Å². The Balaban J connectivity index is 1.19. The monoisotopic (exact) mass is 1170 g/mol. The minimum atomic E-state index is -0.998. The van der Waals surface area contributed by atoms with Crippen molar-refractivity contribution in [2.75, 3.05) is 68.4 Å². The molecule has 0 spiro atoms. The van der Waals surface area contributed by atoms with Crippen molar-refractivity contribution in [1.29, 1.82) is 0 Å². The maximum atomic E-state index is 18.2. The van der Waals surface area contributed by atoms with Crippen LogP contribution in [-0.2, 0) is 27.3 Å². The van der Waals surface area contributed by atoms with Crippen LogP contribution >= 0.6 is 22.6 Å². The number of carbonyl (C=O) groups is 2. The van der Waals surface area contributed by atoms with Gasteiger partial charge in [-0.05, 0) is 144 Å². The van der Waals surface area contributed by atoms with E-state index in [9.17, 15) is 9.59 Å². The van der Waals surface area contributed by atoms with Crippen molar-refractivity contribution in [3.63, 3.8) is 0 Å². The third-order valence-corrected chi connectivity index (χ3v) is 15.0. The molecular weight excluding hydrogens is 1110 g/mol. The lowest BCUT2D eigenvalue weighted by Gasteiger charge is -2.34. The number of methoxy groups -OCH3 is 2. The zero-order chi connectivity index (χ0) is 54.9. The van der Waals surface area contributed by atoms with Crippen LogP contribution in [-0.4, -0.2) is 114 Å². The first-order valence-corrected chi connectivity index (χ1v) is 26.8. The highest BCUT2D eigenvalue weighted by Crippen LogP contribution is 2.46. The Morgan fingerprint density at radius 2 is 1.48 bits per heavy atom. The zero-order valence-corrected chi connectivity index (χ0v) is 47.3. The first-order valence-electron chi connectivity index (χ1n) is 25.7. The van der Waals surface area contributed by atoms with Gasteiger partial charge in [0.15, 0.2) is 17.5 Å². The highest BCUT2D eigenvalue weighted by molar-refractivity contribution is 14.1. The van der Waals surface area contributed by atoms with Gasteiger partial charge >= 0.3 is 18.2 Å². The second kappa shape index (κ2) is 22.7. The van der Waals surface area contributed by atoms with E-state index in [1.54, 1.807) is 74.0 Å². The molecule has 0 unspecified atom stereocenters. The van der Waals surface area contributed by atoms with Gasteiger partial charge in [-0.3, -0.25) is 4.90 Å². The normalized spacial score (nSPS) is 17.0. The summed E-state index contributed by atoms with van der Waals surface area (Å²) in [6.45, 7) is 16.7. The number of amides is 2. The second-order valence-corrected chi connectivity index (χ2v) is 22.4. The fourth-order valence-corrected chi connectivity index (χ4v) is 10.6. The first-order chi connectivity index (χ1) is 36.7. The smallest absolute Gasteiger partial charge is 0.425 e. The van der Waals surface area contributed by atoms with Crippen LogP contribution in [0.2, 0.25) is 0 Å². The molecule has 3 aromatic heterocycles. The summed E-state index contributed by atoms with van der Waals surface area (Å²) in [7, 11) is 3.20. The van der Waals surface area contributed by atoms with Gasteiger partial charge in [0, 0.05) is 47.0 Å². The van der Waals surface area contributed by atoms with Crippen LogP contribution in [0.25, 0.3) is 22.2 Å². The third-order valence-electron chi connectivity index (χ3n) is 13.6. The number of hydrogen-bond donors (Lipinski definition) is 0. The molecule has 2 fully saturated rings. The van der Waals surface area contributed by atoms with Gasteiger partial charge in [-0.1, -0.05) is 30.3 Å². The van der Waals surface area contributed by atoms with Crippen LogP contribution < -0.4 is 33.6 Å². The summed E-state index contributed by atoms with van der Waals surface area (Å²) < 4.78 is 77.8. The number of aromatic nitrogens is 4. The summed E-state index contributed by atoms with van der Waals surface area (Å²) in [6, 6.07) is 19.7. The lowest BCUT2D eigenvalue weighted by Crippen LogP contribution is -2.46. The van der Waals surface area contributed by atoms with Crippen molar-refractivity contribution in [1.82, 2.24) is 24.8 Å². The van der Waals surface area contributed by atoms with E-state index >= 15 is 8.78 Å². The van der Waals surface area contributed by atoms with Gasteiger partial charge < -0.3 is 43.0 Å². The molecule has 6 aromatic rings. The molecule has 9 rings (SSSR count). The van der Waals surface area contributed by atoms with Crippen LogP contribution in [0, 0.1) is 22.1 Å². The van der Waals surface area contributed by atoms with Gasteiger partial charge in [-0.2, -0.15) is 14.9 Å². The van der Waals surface area contributed by atoms with E-state index in [1.165, 1.54) is 6.20 Å². The van der Waals surface area contributed by atoms with Crippen LogP contribution in [0.5, 0.6) is 23.4 Å². The molecule has 2 saturated heterocycles. The van der Waals surface area contributed by atoms with Gasteiger partial charge in [-0.25, -0.2) is 28.3 Å². The molecule has 0 bridgehead atoms. The molecule has 3 atom stereocenters. The Morgan fingerprint density at radius 3 is 2.09 bits per heavy atom. The maximum absolute atomic E-state index is 18.2. The van der Waals surface area contributed by atoms with Crippen molar-refractivity contribution >= 4 is 63.0 Å². The quantitative estimate of drug-likeness (QED) is 0.0946. The van der Waals surface area contributed by atoms with Gasteiger partial charge in [0.2, 0.25) is 5.88 Å². The molecule has 408 valence electrons. The van der Waals surface area contributed by atoms with Gasteiger partial charge in [0.25, 0.3) is 0 Å². The van der Waals surface area contributed by atoms with E-state index in [-0.39, 0.29) is 96.3 Å². The van der Waals surface area contributed by atoms with Crippen LogP contribution in [0.15, 0.2) is 72.9 Å². The molecule has 3 aromatic carbocycles. The average Bonchev–Trinajstić information content (AvgIpc) is 3.75. The number of nitrogens with zero attached hydrogens (tertiary/aromatic N) is 8. The number of carbonyl (C=O) groups excluding carboxylic acids is 2. The van der Waals surface area contributed by atoms with Crippen molar-refractivity contribution in [3.8, 4) is 34.6 Å². The summed E-state index contributed by atoms with van der Waals surface area (Å²) in [5.41, 5.74) is 0.522. The van der Waals surface area contributed by atoms with Crippen molar-refractivity contribution in [2.24, 2.45) is 0 Å². The van der Waals surface area contributed by atoms with Crippen molar-refractivity contribution in [3.05, 3.63) is 110 Å². The number of aryl methyl sites for hydroxylation is 1. The van der Waals surface area contributed by atoms with E-state index < -0.39 is 41.1 Å². The summed E-state index contributed by atoms with van der Waals surface area (Å²) in [6.07, 6.45) is 1.25. The highest BCUT2D eigenvalue weighted by Gasteiger charge is 2.40. The van der Waals surface area contributed by atoms with E-state index in [0.29, 0.717) is 39.4 Å². The van der Waals surface area contributed by atoms with Crippen LogP contribution in [0.1, 0.15) is 89.6 Å². The second-order valence-electron chi connectivity index (χ2n) is 21.3. The molecule has 2 amide bonds. The summed E-state index contributed by atoms with van der Waals surface area (Å²) in [5.74, 6) is -0.133. The maximum Gasteiger partial charge on any atom is 0.425 e. The van der Waals surface area contributed by atoms with E-state index in [4.69, 9.17) is 48.1 Å². The number of benzene rings is 3. The van der Waals surface area contributed by atoms with E-state index in [0.717, 1.165) is 35.4 Å². The van der Waals surface area contributed by atoms with E-state index in [1.807, 2.05) is 94.8 Å². The molecule has 0 N–H and O–H groups in total. The molecule has 77 heavy (non-hydrogen) atoms. The predicted octanol–water partition coefficient (Wildman–Crippen LogP) is 11.4. The number of anilines is 3. The highest BCUT2D eigenvalue weighted by atomic mass is 127. The fraction of sp³-hybridized carbons (Fsp3) is 0.439. The number of ether oxygens (including phenoxy) is 7. The Hall–Kier alpha value is -6.65.